The molecule has 0 fully saturated rings. The van der Waals surface area contributed by atoms with Crippen LogP contribution in [0.4, 0.5) is 0 Å². The molecule has 0 heterocycles. The van der Waals surface area contributed by atoms with Gasteiger partial charge in [-0.05, 0) is 18.4 Å². The summed E-state index contributed by atoms with van der Waals surface area (Å²) in [5, 5.41) is 10.1. The molecule has 0 spiro atoms. The summed E-state index contributed by atoms with van der Waals surface area (Å²) in [4.78, 5) is 0. The third-order valence-electron chi connectivity index (χ3n) is 4.47. The van der Waals surface area contributed by atoms with Crippen molar-refractivity contribution in [3.63, 3.8) is 0 Å². The SMILES string of the molecule is CCCCCCCCCCCCCc1cccc(CN)c1O. The van der Waals surface area contributed by atoms with Crippen LogP contribution in [0.5, 0.6) is 5.75 Å². The highest BCUT2D eigenvalue weighted by molar-refractivity contribution is 5.40. The molecule has 3 N–H and O–H groups in total. The monoisotopic (exact) mass is 305 g/mol. The van der Waals surface area contributed by atoms with Crippen LogP contribution >= 0.6 is 0 Å². The second-order valence-electron chi connectivity index (χ2n) is 6.41. The number of para-hydroxylation sites is 1. The van der Waals surface area contributed by atoms with Crippen LogP contribution in [-0.4, -0.2) is 5.11 Å². The van der Waals surface area contributed by atoms with Crippen LogP contribution in [0.3, 0.4) is 0 Å². The van der Waals surface area contributed by atoms with Gasteiger partial charge in [0.15, 0.2) is 0 Å². The molecule has 0 saturated heterocycles. The fourth-order valence-corrected chi connectivity index (χ4v) is 2.99. The largest absolute Gasteiger partial charge is 0.507 e. The summed E-state index contributed by atoms with van der Waals surface area (Å²) in [6.45, 7) is 2.68. The van der Waals surface area contributed by atoms with E-state index < -0.39 is 0 Å². The Morgan fingerprint density at radius 1 is 0.773 bits per heavy atom. The Balaban J connectivity index is 2.00. The molecule has 0 aromatic heterocycles. The highest BCUT2D eigenvalue weighted by Gasteiger charge is 2.05. The smallest absolute Gasteiger partial charge is 0.123 e. The van der Waals surface area contributed by atoms with Crippen LogP contribution in [0.2, 0.25) is 0 Å². The van der Waals surface area contributed by atoms with Gasteiger partial charge in [-0.25, -0.2) is 0 Å². The molecule has 2 heteroatoms. The Bertz CT molecular complexity index is 389. The maximum Gasteiger partial charge on any atom is 0.123 e. The Morgan fingerprint density at radius 3 is 1.82 bits per heavy atom. The number of hydrogen-bond donors (Lipinski definition) is 2. The van der Waals surface area contributed by atoms with Gasteiger partial charge >= 0.3 is 0 Å². The average molecular weight is 306 g/mol. The number of phenols is 1. The van der Waals surface area contributed by atoms with Crippen LogP contribution in [0.15, 0.2) is 18.2 Å². The zero-order valence-corrected chi connectivity index (χ0v) is 14.4. The minimum absolute atomic E-state index is 0.414. The van der Waals surface area contributed by atoms with E-state index in [1.165, 1.54) is 64.2 Å². The Hall–Kier alpha value is -1.02. The van der Waals surface area contributed by atoms with E-state index in [0.29, 0.717) is 12.3 Å². The summed E-state index contributed by atoms with van der Waals surface area (Å²) in [5.74, 6) is 0.414. The van der Waals surface area contributed by atoms with Crippen LogP contribution < -0.4 is 5.73 Å². The Labute approximate surface area is 137 Å². The lowest BCUT2D eigenvalue weighted by atomic mass is 10.0. The van der Waals surface area contributed by atoms with Gasteiger partial charge in [-0.3, -0.25) is 0 Å². The topological polar surface area (TPSA) is 46.2 Å². The Morgan fingerprint density at radius 2 is 1.27 bits per heavy atom. The molecule has 0 radical (unpaired) electrons. The first-order valence-electron chi connectivity index (χ1n) is 9.29. The number of hydrogen-bond acceptors (Lipinski definition) is 2. The number of aromatic hydroxyl groups is 1. The average Bonchev–Trinajstić information content (AvgIpc) is 2.54. The first-order chi connectivity index (χ1) is 10.8. The molecule has 0 aliphatic rings. The van der Waals surface area contributed by atoms with Gasteiger partial charge in [-0.15, -0.1) is 0 Å². The summed E-state index contributed by atoms with van der Waals surface area (Å²) >= 11 is 0. The van der Waals surface area contributed by atoms with Gasteiger partial charge in [0.25, 0.3) is 0 Å². The van der Waals surface area contributed by atoms with Crippen molar-refractivity contribution in [3.05, 3.63) is 29.3 Å². The third kappa shape index (κ3) is 7.84. The second-order valence-corrected chi connectivity index (χ2v) is 6.41. The summed E-state index contributed by atoms with van der Waals surface area (Å²) in [6.07, 6.45) is 15.9. The molecule has 2 nitrogen and oxygen atoms in total. The lowest BCUT2D eigenvalue weighted by Crippen LogP contribution is -1.98. The molecule has 1 rings (SSSR count). The molecule has 1 aromatic carbocycles. The summed E-state index contributed by atoms with van der Waals surface area (Å²) in [7, 11) is 0. The number of rotatable bonds is 13. The molecular formula is C20H35NO. The van der Waals surface area contributed by atoms with Gasteiger partial charge in [0, 0.05) is 12.1 Å². The number of nitrogens with two attached hydrogens (primary N) is 1. The fourth-order valence-electron chi connectivity index (χ4n) is 2.99. The highest BCUT2D eigenvalue weighted by atomic mass is 16.3. The van der Waals surface area contributed by atoms with Gasteiger partial charge < -0.3 is 10.8 Å². The van der Waals surface area contributed by atoms with E-state index in [-0.39, 0.29) is 0 Å². The number of benzene rings is 1. The van der Waals surface area contributed by atoms with Crippen molar-refractivity contribution in [3.8, 4) is 5.75 Å². The van der Waals surface area contributed by atoms with Crippen molar-refractivity contribution >= 4 is 0 Å². The molecule has 0 atom stereocenters. The van der Waals surface area contributed by atoms with Crippen molar-refractivity contribution < 1.29 is 5.11 Å². The minimum atomic E-state index is 0.414. The number of unbranched alkanes of at least 4 members (excludes halogenated alkanes) is 10. The standard InChI is InChI=1S/C20H35NO/c1-2-3-4-5-6-7-8-9-10-11-12-14-18-15-13-16-19(17-21)20(18)22/h13,15-16,22H,2-12,14,17,21H2,1H3. The van der Waals surface area contributed by atoms with E-state index in [2.05, 4.69) is 6.92 Å². The summed E-state index contributed by atoms with van der Waals surface area (Å²) in [6, 6.07) is 5.92. The third-order valence-corrected chi connectivity index (χ3v) is 4.47. The number of aryl methyl sites for hydroxylation is 1. The van der Waals surface area contributed by atoms with E-state index in [9.17, 15) is 5.11 Å². The number of phenolic OH excluding ortho intramolecular Hbond substituents is 1. The van der Waals surface area contributed by atoms with E-state index in [0.717, 1.165) is 24.0 Å². The van der Waals surface area contributed by atoms with Crippen LogP contribution in [0.25, 0.3) is 0 Å². The first kappa shape index (κ1) is 19.0. The first-order valence-corrected chi connectivity index (χ1v) is 9.29. The zero-order valence-electron chi connectivity index (χ0n) is 14.4. The van der Waals surface area contributed by atoms with Crippen molar-refractivity contribution in [2.24, 2.45) is 5.73 Å². The van der Waals surface area contributed by atoms with E-state index >= 15 is 0 Å². The highest BCUT2D eigenvalue weighted by Crippen LogP contribution is 2.24. The fraction of sp³-hybridized carbons (Fsp3) is 0.700. The van der Waals surface area contributed by atoms with Crippen molar-refractivity contribution in [1.29, 1.82) is 0 Å². The molecule has 0 saturated carbocycles. The predicted molar refractivity (Wildman–Crippen MR) is 96.2 cm³/mol. The van der Waals surface area contributed by atoms with Crippen molar-refractivity contribution in [2.75, 3.05) is 0 Å². The van der Waals surface area contributed by atoms with Gasteiger partial charge in [0.1, 0.15) is 5.75 Å². The van der Waals surface area contributed by atoms with Crippen LogP contribution in [-0.2, 0) is 13.0 Å². The molecule has 0 bridgehead atoms. The molecule has 0 aliphatic carbocycles. The van der Waals surface area contributed by atoms with E-state index in [4.69, 9.17) is 5.73 Å². The maximum atomic E-state index is 10.1. The summed E-state index contributed by atoms with van der Waals surface area (Å²) < 4.78 is 0. The van der Waals surface area contributed by atoms with E-state index in [1.54, 1.807) is 0 Å². The van der Waals surface area contributed by atoms with Gasteiger partial charge in [-0.1, -0.05) is 89.3 Å². The Kier molecular flexibility index (Phi) is 10.8. The summed E-state index contributed by atoms with van der Waals surface area (Å²) in [5.41, 5.74) is 7.54. The van der Waals surface area contributed by atoms with Crippen molar-refractivity contribution in [1.82, 2.24) is 0 Å². The molecule has 1 aromatic rings. The van der Waals surface area contributed by atoms with Crippen LogP contribution in [0.1, 0.15) is 88.7 Å². The molecule has 22 heavy (non-hydrogen) atoms. The lowest BCUT2D eigenvalue weighted by Gasteiger charge is -2.08. The van der Waals surface area contributed by atoms with Gasteiger partial charge in [-0.2, -0.15) is 0 Å². The second kappa shape index (κ2) is 12.5. The van der Waals surface area contributed by atoms with Gasteiger partial charge in [0.2, 0.25) is 0 Å². The predicted octanol–water partition coefficient (Wildman–Crippen LogP) is 5.70. The lowest BCUT2D eigenvalue weighted by molar-refractivity contribution is 0.459. The molecule has 0 aliphatic heterocycles. The van der Waals surface area contributed by atoms with Crippen molar-refractivity contribution in [2.45, 2.75) is 90.5 Å². The molecule has 0 unspecified atom stereocenters. The van der Waals surface area contributed by atoms with Gasteiger partial charge in [0.05, 0.1) is 0 Å². The molecular weight excluding hydrogens is 270 g/mol. The molecule has 126 valence electrons. The quantitative estimate of drug-likeness (QED) is 0.459. The zero-order chi connectivity index (χ0) is 16.0. The minimum Gasteiger partial charge on any atom is -0.507 e. The van der Waals surface area contributed by atoms with E-state index in [1.807, 2.05) is 18.2 Å². The normalized spacial score (nSPS) is 11.0. The van der Waals surface area contributed by atoms with Crippen LogP contribution in [0, 0.1) is 0 Å². The maximum absolute atomic E-state index is 10.1. The molecule has 0 amide bonds.